The van der Waals surface area contributed by atoms with Gasteiger partial charge in [-0.25, -0.2) is 9.13 Å². The minimum absolute atomic E-state index is 0.103. The first kappa shape index (κ1) is 85.1. The van der Waals surface area contributed by atoms with E-state index in [1.54, 1.807) is 0 Å². The summed E-state index contributed by atoms with van der Waals surface area (Å²) in [5.41, 5.74) is 0. The molecule has 0 aliphatic heterocycles. The number of phosphoric ester groups is 2. The Morgan fingerprint density at radius 3 is 0.816 bits per heavy atom. The molecule has 0 aromatic rings. The number of esters is 4. The summed E-state index contributed by atoms with van der Waals surface area (Å²) in [6.07, 6.45) is 47.9. The van der Waals surface area contributed by atoms with Crippen LogP contribution in [0.2, 0.25) is 0 Å². The Morgan fingerprint density at radius 1 is 0.322 bits per heavy atom. The normalized spacial score (nSPS) is 14.4. The van der Waals surface area contributed by atoms with Crippen LogP contribution in [0.4, 0.5) is 0 Å². The zero-order chi connectivity index (χ0) is 64.2. The van der Waals surface area contributed by atoms with Gasteiger partial charge in [0.15, 0.2) is 12.2 Å². The number of phosphoric acid groups is 2. The van der Waals surface area contributed by atoms with Crippen LogP contribution in [0.1, 0.15) is 349 Å². The van der Waals surface area contributed by atoms with Gasteiger partial charge in [-0.3, -0.25) is 37.3 Å². The van der Waals surface area contributed by atoms with Gasteiger partial charge in [-0.2, -0.15) is 0 Å². The zero-order valence-corrected chi connectivity index (χ0v) is 57.9. The highest BCUT2D eigenvalue weighted by molar-refractivity contribution is 7.47. The largest absolute Gasteiger partial charge is 0.472 e. The summed E-state index contributed by atoms with van der Waals surface area (Å²) in [5.74, 6) is -1.33. The molecule has 0 aliphatic carbocycles. The van der Waals surface area contributed by atoms with E-state index >= 15 is 0 Å². The highest BCUT2D eigenvalue weighted by Crippen LogP contribution is 2.45. The number of aliphatic hydroxyl groups is 1. The van der Waals surface area contributed by atoms with Crippen molar-refractivity contribution in [1.82, 2.24) is 0 Å². The lowest BCUT2D eigenvalue weighted by Crippen LogP contribution is -2.30. The van der Waals surface area contributed by atoms with Crippen molar-refractivity contribution >= 4 is 39.5 Å². The van der Waals surface area contributed by atoms with E-state index in [9.17, 15) is 43.2 Å². The van der Waals surface area contributed by atoms with E-state index in [1.807, 2.05) is 0 Å². The third kappa shape index (κ3) is 61.3. The van der Waals surface area contributed by atoms with Crippen molar-refractivity contribution in [2.45, 2.75) is 368 Å². The molecule has 19 heteroatoms. The molecule has 0 heterocycles. The van der Waals surface area contributed by atoms with Crippen LogP contribution >= 0.6 is 15.6 Å². The maximum Gasteiger partial charge on any atom is 0.472 e. The van der Waals surface area contributed by atoms with Gasteiger partial charge in [0.25, 0.3) is 0 Å². The summed E-state index contributed by atoms with van der Waals surface area (Å²) in [4.78, 5) is 72.0. The van der Waals surface area contributed by atoms with Crippen molar-refractivity contribution in [2.75, 3.05) is 39.6 Å². The fraction of sp³-hybridized carbons (Fsp3) is 0.941. The maximum absolute atomic E-state index is 13.0. The topological polar surface area (TPSA) is 237 Å². The summed E-state index contributed by atoms with van der Waals surface area (Å²) in [5, 5.41) is 10.5. The van der Waals surface area contributed by atoms with Crippen LogP contribution in [0.5, 0.6) is 0 Å². The molecule has 0 saturated carbocycles. The van der Waals surface area contributed by atoms with E-state index in [2.05, 4.69) is 34.6 Å². The van der Waals surface area contributed by atoms with E-state index < -0.39 is 97.5 Å². The molecule has 17 nitrogen and oxygen atoms in total. The molecule has 87 heavy (non-hydrogen) atoms. The second kappa shape index (κ2) is 61.6. The Labute approximate surface area is 530 Å². The molecule has 0 spiro atoms. The van der Waals surface area contributed by atoms with Gasteiger partial charge in [-0.15, -0.1) is 0 Å². The highest BCUT2D eigenvalue weighted by atomic mass is 31.2. The minimum Gasteiger partial charge on any atom is -0.462 e. The second-order valence-corrected chi connectivity index (χ2v) is 27.7. The van der Waals surface area contributed by atoms with Gasteiger partial charge >= 0.3 is 39.5 Å². The van der Waals surface area contributed by atoms with Crippen molar-refractivity contribution in [3.8, 4) is 0 Å². The smallest absolute Gasteiger partial charge is 0.462 e. The number of carbonyl (C=O) groups is 4. The maximum atomic E-state index is 13.0. The zero-order valence-electron chi connectivity index (χ0n) is 56.2. The Balaban J connectivity index is 5.08. The van der Waals surface area contributed by atoms with Crippen molar-refractivity contribution in [3.05, 3.63) is 0 Å². The lowest BCUT2D eigenvalue weighted by atomic mass is 9.99. The molecule has 0 bridgehead atoms. The number of rotatable bonds is 68. The van der Waals surface area contributed by atoms with Crippen molar-refractivity contribution in [3.63, 3.8) is 0 Å². The third-order valence-electron chi connectivity index (χ3n) is 16.1. The van der Waals surface area contributed by atoms with Crippen LogP contribution in [0.3, 0.4) is 0 Å². The average Bonchev–Trinajstić information content (AvgIpc) is 3.70. The van der Waals surface area contributed by atoms with Gasteiger partial charge in [0.05, 0.1) is 26.4 Å². The summed E-state index contributed by atoms with van der Waals surface area (Å²) in [6.45, 7) is 7.12. The second-order valence-electron chi connectivity index (χ2n) is 24.8. The number of ether oxygens (including phenoxy) is 4. The molecule has 0 aromatic carbocycles. The first-order chi connectivity index (χ1) is 42.1. The minimum atomic E-state index is -4.95. The summed E-state index contributed by atoms with van der Waals surface area (Å²) in [7, 11) is -9.88. The van der Waals surface area contributed by atoms with Crippen LogP contribution in [0, 0.1) is 5.92 Å². The molecule has 3 unspecified atom stereocenters. The number of carbonyl (C=O) groups excluding carboxylic acids is 4. The number of unbranched alkanes of at least 4 members (excludes halogenated alkanes) is 39. The predicted molar refractivity (Wildman–Crippen MR) is 349 cm³/mol. The Kier molecular flexibility index (Phi) is 60.2. The van der Waals surface area contributed by atoms with Gasteiger partial charge in [0, 0.05) is 25.7 Å². The predicted octanol–water partition coefficient (Wildman–Crippen LogP) is 19.4. The fourth-order valence-corrected chi connectivity index (χ4v) is 11.8. The fourth-order valence-electron chi connectivity index (χ4n) is 10.3. The molecule has 0 radical (unpaired) electrons. The van der Waals surface area contributed by atoms with Crippen molar-refractivity contribution < 1.29 is 80.2 Å². The van der Waals surface area contributed by atoms with Gasteiger partial charge in [-0.1, -0.05) is 298 Å². The number of hydrogen-bond donors (Lipinski definition) is 3. The quantitative estimate of drug-likeness (QED) is 0.0222. The first-order valence-electron chi connectivity index (χ1n) is 35.7. The van der Waals surface area contributed by atoms with Crippen LogP contribution < -0.4 is 0 Å². The Hall–Kier alpha value is -1.94. The SMILES string of the molecule is CCCCCCCCCCCCCCCCCCCCCCCC(=O)O[C@H](COC(=O)CCCCCCCCCCCCC(C)CC)COP(=O)(O)OC[C@@H](O)COP(=O)(O)OC[C@@H](COC(=O)CCCCCCC)OC(=O)CCCCCCCCC. The van der Waals surface area contributed by atoms with E-state index in [0.717, 1.165) is 115 Å². The molecule has 0 aromatic heterocycles. The highest BCUT2D eigenvalue weighted by Gasteiger charge is 2.30. The van der Waals surface area contributed by atoms with Crippen LogP contribution in [0.25, 0.3) is 0 Å². The molecule has 0 fully saturated rings. The molecule has 6 atom stereocenters. The van der Waals surface area contributed by atoms with Gasteiger partial charge in [-0.05, 0) is 31.6 Å². The number of aliphatic hydroxyl groups excluding tert-OH is 1. The molecule has 0 aliphatic rings. The molecule has 0 rings (SSSR count). The van der Waals surface area contributed by atoms with E-state index in [1.165, 1.54) is 154 Å². The lowest BCUT2D eigenvalue weighted by molar-refractivity contribution is -0.161. The standard InChI is InChI=1S/C68H132O17P2/c1-6-10-13-16-18-19-20-21-22-23-24-25-26-27-28-29-30-35-39-44-49-54-68(73)85-64(58-79-66(71)52-47-42-38-34-32-31-33-37-41-45-50-61(5)9-4)60-83-87(76,77)81-56-62(69)55-80-86(74,75)82-59-63(57-78-65(70)51-46-40-15-12-8-3)84-67(72)53-48-43-36-17-14-11-7-2/h61-64,69H,6-60H2,1-5H3,(H,74,75)(H,76,77)/t61?,62-,63+,64+/m0/s1. The summed E-state index contributed by atoms with van der Waals surface area (Å²) in [6, 6.07) is 0. The van der Waals surface area contributed by atoms with Gasteiger partial charge in [0.1, 0.15) is 19.3 Å². The first-order valence-corrected chi connectivity index (χ1v) is 38.7. The molecule has 516 valence electrons. The summed E-state index contributed by atoms with van der Waals surface area (Å²) < 4.78 is 67.8. The van der Waals surface area contributed by atoms with E-state index in [4.69, 9.17) is 37.0 Å². The molecular formula is C68H132O17P2. The molecular weight excluding hydrogens is 1150 g/mol. The van der Waals surface area contributed by atoms with E-state index in [-0.39, 0.29) is 25.7 Å². The van der Waals surface area contributed by atoms with Gasteiger partial charge < -0.3 is 33.8 Å². The molecule has 3 N–H and O–H groups in total. The summed E-state index contributed by atoms with van der Waals surface area (Å²) >= 11 is 0. The average molecular weight is 1280 g/mol. The number of hydrogen-bond acceptors (Lipinski definition) is 15. The van der Waals surface area contributed by atoms with Gasteiger partial charge in [0.2, 0.25) is 0 Å². The van der Waals surface area contributed by atoms with Crippen LogP contribution in [-0.4, -0.2) is 96.7 Å². The monoisotopic (exact) mass is 1280 g/mol. The lowest BCUT2D eigenvalue weighted by Gasteiger charge is -2.21. The third-order valence-corrected chi connectivity index (χ3v) is 18.0. The van der Waals surface area contributed by atoms with E-state index in [0.29, 0.717) is 25.7 Å². The Bertz CT molecular complexity index is 1690. The van der Waals surface area contributed by atoms with Crippen LogP contribution in [-0.2, 0) is 65.4 Å². The molecule has 0 amide bonds. The van der Waals surface area contributed by atoms with Crippen LogP contribution in [0.15, 0.2) is 0 Å². The van der Waals surface area contributed by atoms with Crippen molar-refractivity contribution in [2.24, 2.45) is 5.92 Å². The van der Waals surface area contributed by atoms with Crippen molar-refractivity contribution in [1.29, 1.82) is 0 Å². The molecule has 0 saturated heterocycles. The Morgan fingerprint density at radius 2 is 0.552 bits per heavy atom.